The largest absolute Gasteiger partial charge is 0.390 e. The fraction of sp³-hybridized carbons (Fsp3) is 0.625. The molecule has 1 aliphatic rings. The molecule has 0 spiro atoms. The lowest BCUT2D eigenvalue weighted by Gasteiger charge is -2.30. The minimum atomic E-state index is -0.929. The molecular weight excluding hydrogens is 216 g/mol. The Morgan fingerprint density at radius 1 is 1.50 bits per heavy atom. The lowest BCUT2D eigenvalue weighted by molar-refractivity contribution is -0.146. The van der Waals surface area contributed by atoms with Gasteiger partial charge < -0.3 is 20.7 Å². The normalized spacial score (nSPS) is 30.2. The highest BCUT2D eigenvalue weighted by molar-refractivity contribution is 5.09. The van der Waals surface area contributed by atoms with Crippen LogP contribution in [-0.4, -0.2) is 43.6 Å². The Morgan fingerprint density at radius 2 is 2.25 bits per heavy atom. The number of hydrogen-bond acceptors (Lipinski definition) is 7. The quantitative estimate of drug-likeness (QED) is 0.501. The molecule has 0 amide bonds. The number of aliphatic hydroxyl groups is 2. The maximum Gasteiger partial charge on any atom is 0.354 e. The van der Waals surface area contributed by atoms with E-state index in [9.17, 15) is 15.0 Å². The number of aromatic nitrogens is 3. The van der Waals surface area contributed by atoms with Crippen molar-refractivity contribution in [2.45, 2.75) is 24.9 Å². The van der Waals surface area contributed by atoms with Gasteiger partial charge in [-0.1, -0.05) is 0 Å². The molecule has 0 saturated carbocycles. The van der Waals surface area contributed by atoms with E-state index in [0.29, 0.717) is 0 Å². The van der Waals surface area contributed by atoms with E-state index in [4.69, 9.17) is 10.5 Å². The summed E-state index contributed by atoms with van der Waals surface area (Å²) in [7, 11) is 0. The first-order valence-electron chi connectivity index (χ1n) is 4.76. The SMILES string of the molecule is Nc1ncn([C@@H]2C[C@H](O)[C@H](O)CO2)c(=O)n1. The third kappa shape index (κ3) is 2.03. The third-order valence-electron chi connectivity index (χ3n) is 2.40. The number of nitrogens with two attached hydrogens (primary N) is 1. The number of nitrogen functional groups attached to an aromatic ring is 1. The standard InChI is InChI=1S/C8H12N4O4/c9-7-10-3-12(8(15)11-7)6-1-4(13)5(14)2-16-6/h3-6,13-14H,1-2H2,(H2,9,11,15)/t4-,5+,6-/m0/s1. The Balaban J connectivity index is 2.22. The van der Waals surface area contributed by atoms with Gasteiger partial charge in [-0.05, 0) is 0 Å². The molecule has 2 heterocycles. The van der Waals surface area contributed by atoms with E-state index in [1.54, 1.807) is 0 Å². The molecule has 1 aliphatic heterocycles. The number of ether oxygens (including phenoxy) is 1. The van der Waals surface area contributed by atoms with Crippen molar-refractivity contribution in [1.29, 1.82) is 0 Å². The Hall–Kier alpha value is -1.51. The van der Waals surface area contributed by atoms with Crippen LogP contribution in [0.4, 0.5) is 5.95 Å². The molecule has 8 nitrogen and oxygen atoms in total. The topological polar surface area (TPSA) is 123 Å². The summed E-state index contributed by atoms with van der Waals surface area (Å²) in [5.41, 5.74) is 4.64. The van der Waals surface area contributed by atoms with Gasteiger partial charge >= 0.3 is 5.69 Å². The van der Waals surface area contributed by atoms with Crippen molar-refractivity contribution in [2.75, 3.05) is 12.3 Å². The maximum atomic E-state index is 11.4. The zero-order chi connectivity index (χ0) is 11.7. The fourth-order valence-electron chi connectivity index (χ4n) is 1.50. The molecule has 16 heavy (non-hydrogen) atoms. The van der Waals surface area contributed by atoms with Gasteiger partial charge in [0.15, 0.2) is 0 Å². The highest BCUT2D eigenvalue weighted by atomic mass is 16.5. The monoisotopic (exact) mass is 228 g/mol. The Bertz CT molecular complexity index is 434. The van der Waals surface area contributed by atoms with Gasteiger partial charge in [0.1, 0.15) is 18.7 Å². The molecule has 2 rings (SSSR count). The van der Waals surface area contributed by atoms with E-state index >= 15 is 0 Å². The molecule has 0 aromatic carbocycles. The minimum absolute atomic E-state index is 0.0390. The molecule has 1 aromatic rings. The Morgan fingerprint density at radius 3 is 2.88 bits per heavy atom. The van der Waals surface area contributed by atoms with Gasteiger partial charge in [-0.25, -0.2) is 9.78 Å². The molecule has 3 atom stereocenters. The second kappa shape index (κ2) is 4.16. The minimum Gasteiger partial charge on any atom is -0.390 e. The van der Waals surface area contributed by atoms with Crippen molar-refractivity contribution < 1.29 is 14.9 Å². The molecule has 8 heteroatoms. The van der Waals surface area contributed by atoms with Crippen LogP contribution in [0.2, 0.25) is 0 Å². The van der Waals surface area contributed by atoms with Crippen molar-refractivity contribution in [2.24, 2.45) is 0 Å². The maximum absolute atomic E-state index is 11.4. The first kappa shape index (κ1) is 11.0. The molecular formula is C8H12N4O4. The lowest BCUT2D eigenvalue weighted by atomic mass is 10.1. The van der Waals surface area contributed by atoms with Gasteiger partial charge in [-0.2, -0.15) is 4.98 Å². The average molecular weight is 228 g/mol. The van der Waals surface area contributed by atoms with Crippen LogP contribution < -0.4 is 11.4 Å². The molecule has 4 N–H and O–H groups in total. The highest BCUT2D eigenvalue weighted by Gasteiger charge is 2.29. The summed E-state index contributed by atoms with van der Waals surface area (Å²) < 4.78 is 6.33. The first-order valence-corrected chi connectivity index (χ1v) is 4.76. The van der Waals surface area contributed by atoms with Crippen molar-refractivity contribution >= 4 is 5.95 Å². The van der Waals surface area contributed by atoms with E-state index in [-0.39, 0.29) is 19.0 Å². The summed E-state index contributed by atoms with van der Waals surface area (Å²) >= 11 is 0. The van der Waals surface area contributed by atoms with Gasteiger partial charge in [0, 0.05) is 6.42 Å². The second-order valence-electron chi connectivity index (χ2n) is 3.56. The predicted molar refractivity (Wildman–Crippen MR) is 52.3 cm³/mol. The molecule has 1 aromatic heterocycles. The Labute approximate surface area is 90.3 Å². The molecule has 0 aliphatic carbocycles. The van der Waals surface area contributed by atoms with Crippen LogP contribution in [0.25, 0.3) is 0 Å². The third-order valence-corrected chi connectivity index (χ3v) is 2.40. The first-order chi connectivity index (χ1) is 7.58. The number of hydrogen-bond donors (Lipinski definition) is 3. The number of anilines is 1. The summed E-state index contributed by atoms with van der Waals surface area (Å²) in [6, 6.07) is 0. The van der Waals surface area contributed by atoms with Crippen LogP contribution in [0.3, 0.4) is 0 Å². The van der Waals surface area contributed by atoms with Crippen LogP contribution >= 0.6 is 0 Å². The van der Waals surface area contributed by atoms with Gasteiger partial charge in [0.2, 0.25) is 5.95 Å². The lowest BCUT2D eigenvalue weighted by Crippen LogP contribution is -2.42. The van der Waals surface area contributed by atoms with Crippen LogP contribution in [0.1, 0.15) is 12.6 Å². The fourth-order valence-corrected chi connectivity index (χ4v) is 1.50. The van der Waals surface area contributed by atoms with Crippen molar-refractivity contribution in [1.82, 2.24) is 14.5 Å². The zero-order valence-corrected chi connectivity index (χ0v) is 8.35. The van der Waals surface area contributed by atoms with E-state index in [0.717, 1.165) is 4.57 Å². The smallest absolute Gasteiger partial charge is 0.354 e. The summed E-state index contributed by atoms with van der Waals surface area (Å²) in [4.78, 5) is 18.5. The van der Waals surface area contributed by atoms with Gasteiger partial charge in [-0.15, -0.1) is 0 Å². The van der Waals surface area contributed by atoms with Crippen LogP contribution in [0.15, 0.2) is 11.1 Å². The van der Waals surface area contributed by atoms with E-state index in [2.05, 4.69) is 9.97 Å². The molecule has 0 radical (unpaired) electrons. The average Bonchev–Trinajstić information content (AvgIpc) is 2.22. The summed E-state index contributed by atoms with van der Waals surface area (Å²) in [5, 5.41) is 18.7. The van der Waals surface area contributed by atoms with Crippen molar-refractivity contribution in [3.8, 4) is 0 Å². The number of aliphatic hydroxyl groups excluding tert-OH is 2. The number of nitrogens with zero attached hydrogens (tertiary/aromatic N) is 3. The van der Waals surface area contributed by atoms with Crippen molar-refractivity contribution in [3.05, 3.63) is 16.8 Å². The zero-order valence-electron chi connectivity index (χ0n) is 8.35. The van der Waals surface area contributed by atoms with Crippen LogP contribution in [0.5, 0.6) is 0 Å². The second-order valence-corrected chi connectivity index (χ2v) is 3.56. The van der Waals surface area contributed by atoms with Crippen LogP contribution in [0, 0.1) is 0 Å². The highest BCUT2D eigenvalue weighted by Crippen LogP contribution is 2.21. The summed E-state index contributed by atoms with van der Waals surface area (Å²) in [6.45, 7) is -0.0390. The van der Waals surface area contributed by atoms with Gasteiger partial charge in [0.25, 0.3) is 0 Å². The van der Waals surface area contributed by atoms with Gasteiger partial charge in [0.05, 0.1) is 12.7 Å². The van der Waals surface area contributed by atoms with Crippen molar-refractivity contribution in [3.63, 3.8) is 0 Å². The summed E-state index contributed by atoms with van der Waals surface area (Å²) in [5.74, 6) is -0.113. The van der Waals surface area contributed by atoms with E-state index in [1.807, 2.05) is 0 Å². The Kier molecular flexibility index (Phi) is 2.86. The number of rotatable bonds is 1. The van der Waals surface area contributed by atoms with Crippen LogP contribution in [-0.2, 0) is 4.74 Å². The molecule has 0 bridgehead atoms. The molecule has 88 valence electrons. The van der Waals surface area contributed by atoms with Gasteiger partial charge in [-0.3, -0.25) is 4.57 Å². The molecule has 1 saturated heterocycles. The predicted octanol–water partition coefficient (Wildman–Crippen LogP) is -2.14. The van der Waals surface area contributed by atoms with E-state index < -0.39 is 24.1 Å². The van der Waals surface area contributed by atoms with E-state index in [1.165, 1.54) is 6.33 Å². The molecule has 0 unspecified atom stereocenters. The summed E-state index contributed by atoms with van der Waals surface area (Å²) in [6.07, 6.45) is -1.22. The molecule has 1 fully saturated rings.